The Kier molecular flexibility index (Phi) is 5.78. The Labute approximate surface area is 150 Å². The van der Waals surface area contributed by atoms with Gasteiger partial charge in [0.05, 0.1) is 22.6 Å². The quantitative estimate of drug-likeness (QED) is 0.431. The normalized spacial score (nSPS) is 11.5. The molecule has 10 heteroatoms. The number of hydrazone groups is 1. The second kappa shape index (κ2) is 7.83. The summed E-state index contributed by atoms with van der Waals surface area (Å²) in [6.45, 7) is 3.63. The highest BCUT2D eigenvalue weighted by atomic mass is 32.2. The van der Waals surface area contributed by atoms with Crippen LogP contribution >= 0.6 is 0 Å². The summed E-state index contributed by atoms with van der Waals surface area (Å²) in [6.07, 6.45) is 1.22. The van der Waals surface area contributed by atoms with Crippen molar-refractivity contribution in [2.75, 3.05) is 6.61 Å². The third-order valence-electron chi connectivity index (χ3n) is 3.36. The number of phenolic OH excluding ortho intramolecular Hbond substituents is 1. The van der Waals surface area contributed by atoms with Crippen molar-refractivity contribution >= 4 is 21.9 Å². The fraction of sp³-hybridized carbons (Fsp3) is 0.188. The number of nitro benzene ring substituents is 1. The molecule has 0 spiro atoms. The summed E-state index contributed by atoms with van der Waals surface area (Å²) in [5, 5.41) is 24.2. The molecule has 2 N–H and O–H groups in total. The van der Waals surface area contributed by atoms with Crippen molar-refractivity contribution in [3.8, 4) is 11.5 Å². The first-order valence-corrected chi connectivity index (χ1v) is 8.98. The van der Waals surface area contributed by atoms with Crippen molar-refractivity contribution in [2.45, 2.75) is 18.7 Å². The van der Waals surface area contributed by atoms with Gasteiger partial charge in [0.2, 0.25) is 0 Å². The molecule has 0 fully saturated rings. The third kappa shape index (κ3) is 4.48. The van der Waals surface area contributed by atoms with E-state index in [-0.39, 0.29) is 22.1 Å². The number of nitrogens with one attached hydrogen (secondary N) is 1. The maximum atomic E-state index is 12.2. The molecule has 0 radical (unpaired) electrons. The minimum absolute atomic E-state index is 0.0449. The molecule has 0 unspecified atom stereocenters. The lowest BCUT2D eigenvalue weighted by Gasteiger charge is -2.06. The summed E-state index contributed by atoms with van der Waals surface area (Å²) in [5.74, 6) is 0.199. The van der Waals surface area contributed by atoms with Gasteiger partial charge in [-0.25, -0.2) is 4.83 Å². The Morgan fingerprint density at radius 2 is 2.04 bits per heavy atom. The summed E-state index contributed by atoms with van der Waals surface area (Å²) >= 11 is 0. The van der Waals surface area contributed by atoms with E-state index in [9.17, 15) is 23.6 Å². The van der Waals surface area contributed by atoms with E-state index in [0.29, 0.717) is 17.7 Å². The maximum absolute atomic E-state index is 12.2. The third-order valence-corrected chi connectivity index (χ3v) is 4.58. The summed E-state index contributed by atoms with van der Waals surface area (Å²) in [5.41, 5.74) is 0.547. The van der Waals surface area contributed by atoms with Gasteiger partial charge in [0.1, 0.15) is 0 Å². The van der Waals surface area contributed by atoms with Gasteiger partial charge in [0, 0.05) is 11.6 Å². The Hall–Kier alpha value is -3.14. The molecule has 0 aliphatic heterocycles. The van der Waals surface area contributed by atoms with Gasteiger partial charge < -0.3 is 9.84 Å². The number of nitro groups is 1. The number of aryl methyl sites for hydroxylation is 1. The second-order valence-electron chi connectivity index (χ2n) is 5.22. The average molecular weight is 379 g/mol. The number of hydrogen-bond donors (Lipinski definition) is 2. The molecular formula is C16H17N3O6S. The van der Waals surface area contributed by atoms with E-state index in [1.54, 1.807) is 6.92 Å². The smallest absolute Gasteiger partial charge is 0.276 e. The summed E-state index contributed by atoms with van der Waals surface area (Å²) in [7, 11) is -4.06. The van der Waals surface area contributed by atoms with Gasteiger partial charge >= 0.3 is 0 Å². The van der Waals surface area contributed by atoms with E-state index < -0.39 is 14.9 Å². The molecule has 26 heavy (non-hydrogen) atoms. The number of nitrogens with zero attached hydrogens (tertiary/aromatic N) is 2. The Bertz CT molecular complexity index is 956. The minimum Gasteiger partial charge on any atom is -0.504 e. The van der Waals surface area contributed by atoms with Crippen LogP contribution in [0, 0.1) is 17.0 Å². The van der Waals surface area contributed by atoms with Crippen LogP contribution in [-0.4, -0.2) is 31.3 Å². The monoisotopic (exact) mass is 379 g/mol. The summed E-state index contributed by atoms with van der Waals surface area (Å²) in [6, 6.07) is 7.99. The largest absolute Gasteiger partial charge is 0.504 e. The van der Waals surface area contributed by atoms with E-state index in [1.165, 1.54) is 43.5 Å². The Morgan fingerprint density at radius 3 is 2.69 bits per heavy atom. The first kappa shape index (κ1) is 19.2. The van der Waals surface area contributed by atoms with Crippen LogP contribution in [0.1, 0.15) is 18.1 Å². The average Bonchev–Trinajstić information content (AvgIpc) is 2.57. The van der Waals surface area contributed by atoms with Crippen molar-refractivity contribution in [2.24, 2.45) is 5.10 Å². The van der Waals surface area contributed by atoms with Crippen LogP contribution < -0.4 is 9.57 Å². The van der Waals surface area contributed by atoms with Crippen LogP contribution in [0.5, 0.6) is 11.5 Å². The second-order valence-corrected chi connectivity index (χ2v) is 6.88. The molecule has 0 aliphatic carbocycles. The molecule has 0 aliphatic rings. The predicted molar refractivity (Wildman–Crippen MR) is 95.0 cm³/mol. The van der Waals surface area contributed by atoms with Gasteiger partial charge in [0.15, 0.2) is 11.5 Å². The fourth-order valence-electron chi connectivity index (χ4n) is 2.06. The van der Waals surface area contributed by atoms with E-state index >= 15 is 0 Å². The molecule has 138 valence electrons. The zero-order valence-electron chi connectivity index (χ0n) is 14.0. The number of sulfonamides is 1. The number of benzene rings is 2. The molecular weight excluding hydrogens is 362 g/mol. The molecule has 2 aromatic carbocycles. The van der Waals surface area contributed by atoms with Crippen LogP contribution in [0.4, 0.5) is 5.69 Å². The van der Waals surface area contributed by atoms with Gasteiger partial charge in [-0.05, 0) is 43.7 Å². The van der Waals surface area contributed by atoms with Gasteiger partial charge in [0.25, 0.3) is 15.7 Å². The number of rotatable bonds is 7. The molecule has 0 aromatic heterocycles. The van der Waals surface area contributed by atoms with Crippen molar-refractivity contribution in [3.05, 3.63) is 57.6 Å². The highest BCUT2D eigenvalue weighted by molar-refractivity contribution is 7.89. The number of phenols is 1. The van der Waals surface area contributed by atoms with Gasteiger partial charge in [-0.2, -0.15) is 13.5 Å². The summed E-state index contributed by atoms with van der Waals surface area (Å²) < 4.78 is 29.7. The van der Waals surface area contributed by atoms with Gasteiger partial charge in [-0.15, -0.1) is 0 Å². The van der Waals surface area contributed by atoms with Crippen LogP contribution in [0.25, 0.3) is 0 Å². The number of ether oxygens (including phenoxy) is 1. The Morgan fingerprint density at radius 1 is 1.31 bits per heavy atom. The van der Waals surface area contributed by atoms with E-state index in [1.807, 2.05) is 4.83 Å². The molecule has 0 atom stereocenters. The minimum atomic E-state index is -4.06. The first-order chi connectivity index (χ1) is 12.2. The lowest BCUT2D eigenvalue weighted by atomic mass is 10.2. The van der Waals surface area contributed by atoms with Gasteiger partial charge in [-0.1, -0.05) is 6.07 Å². The SMILES string of the molecule is CCOc1cc(/C=N/NS(=O)(=O)c2ccc(C)c([N+](=O)[O-])c2)ccc1O. The molecule has 0 amide bonds. The topological polar surface area (TPSA) is 131 Å². The van der Waals surface area contributed by atoms with Crippen molar-refractivity contribution in [1.29, 1.82) is 0 Å². The molecule has 0 bridgehead atoms. The van der Waals surface area contributed by atoms with E-state index in [4.69, 9.17) is 4.74 Å². The zero-order chi connectivity index (χ0) is 19.3. The molecule has 0 heterocycles. The molecule has 2 rings (SSSR count). The lowest BCUT2D eigenvalue weighted by molar-refractivity contribution is -0.385. The summed E-state index contributed by atoms with van der Waals surface area (Å²) in [4.78, 5) is 12.0. The predicted octanol–water partition coefficient (Wildman–Crippen LogP) is 2.32. The molecule has 0 saturated heterocycles. The van der Waals surface area contributed by atoms with Gasteiger partial charge in [-0.3, -0.25) is 10.1 Å². The van der Waals surface area contributed by atoms with Crippen LogP contribution in [0.2, 0.25) is 0 Å². The highest BCUT2D eigenvalue weighted by Crippen LogP contribution is 2.26. The Balaban J connectivity index is 2.20. The fourth-order valence-corrected chi connectivity index (χ4v) is 2.87. The zero-order valence-corrected chi connectivity index (χ0v) is 14.9. The standard InChI is InChI=1S/C16H17N3O6S/c1-3-25-16-8-12(5-7-15(16)20)10-17-18-26(23,24)13-6-4-11(2)14(9-13)19(21)22/h4-10,18,20H,3H2,1-2H3/b17-10+. The van der Waals surface area contributed by atoms with Crippen molar-refractivity contribution in [3.63, 3.8) is 0 Å². The molecule has 9 nitrogen and oxygen atoms in total. The van der Waals surface area contributed by atoms with E-state index in [2.05, 4.69) is 5.10 Å². The van der Waals surface area contributed by atoms with Crippen LogP contribution in [0.15, 0.2) is 46.4 Å². The molecule has 0 saturated carbocycles. The van der Waals surface area contributed by atoms with Crippen molar-refractivity contribution < 1.29 is 23.2 Å². The number of aromatic hydroxyl groups is 1. The van der Waals surface area contributed by atoms with Crippen LogP contribution in [-0.2, 0) is 10.0 Å². The van der Waals surface area contributed by atoms with Crippen molar-refractivity contribution in [1.82, 2.24) is 4.83 Å². The lowest BCUT2D eigenvalue weighted by Crippen LogP contribution is -2.18. The highest BCUT2D eigenvalue weighted by Gasteiger charge is 2.19. The molecule has 2 aromatic rings. The maximum Gasteiger partial charge on any atom is 0.276 e. The first-order valence-electron chi connectivity index (χ1n) is 7.50. The van der Waals surface area contributed by atoms with Crippen LogP contribution in [0.3, 0.4) is 0 Å². The number of hydrogen-bond acceptors (Lipinski definition) is 7. The van der Waals surface area contributed by atoms with E-state index in [0.717, 1.165) is 6.07 Å².